The molecule has 6 aromatic carbocycles. The number of likely N-dealkylation sites (tertiary alicyclic amines) is 2. The van der Waals surface area contributed by atoms with Crippen LogP contribution in [0, 0.1) is 5.82 Å². The Hall–Kier alpha value is -8.38. The second kappa shape index (κ2) is 30.8. The number of amides is 5. The summed E-state index contributed by atoms with van der Waals surface area (Å²) in [6, 6.07) is 37.6. The van der Waals surface area contributed by atoms with Gasteiger partial charge in [0.05, 0.1) is 29.5 Å². The number of carbonyl (C=O) groups is 5. The van der Waals surface area contributed by atoms with Gasteiger partial charge < -0.3 is 49.3 Å². The Morgan fingerprint density at radius 2 is 1.36 bits per heavy atom. The lowest BCUT2D eigenvalue weighted by Crippen LogP contribution is -2.50. The summed E-state index contributed by atoms with van der Waals surface area (Å²) >= 11 is 0. The highest BCUT2D eigenvalue weighted by Gasteiger charge is 2.50. The SMILES string of the molecule is CN(CCN1CCC(N(C(=O)O)c2ccccc2-c2ccccc2)CC1)C(=O)CCCCCNc1ccc2c(c1)CCN(CCCN(C)C(=O)CO[C@H]1Cc3ccccc3C13CCN(CC[C@]1(c4ccc(F)cc4)CN(C(=O)c4cc(C(F)(F)F)cc(C(F)(F)F)c4)CO1)CC3)C2=O. The summed E-state index contributed by atoms with van der Waals surface area (Å²) in [6.45, 7) is 5.87. The number of fused-ring (bicyclic) bond motifs is 3. The van der Waals surface area contributed by atoms with Gasteiger partial charge in [-0.3, -0.25) is 24.1 Å². The van der Waals surface area contributed by atoms with E-state index in [1.807, 2.05) is 96.9 Å². The monoisotopic (exact) mass is 1360 g/mol. The Kier molecular flexibility index (Phi) is 22.3. The zero-order chi connectivity index (χ0) is 69.4. The molecule has 0 aromatic heterocycles. The van der Waals surface area contributed by atoms with Gasteiger partial charge in [-0.15, -0.1) is 0 Å². The van der Waals surface area contributed by atoms with Crippen molar-refractivity contribution in [3.63, 3.8) is 0 Å². The van der Waals surface area contributed by atoms with Crippen molar-refractivity contribution in [3.05, 3.63) is 190 Å². The number of hydrogen-bond donors (Lipinski definition) is 2. The van der Waals surface area contributed by atoms with Crippen molar-refractivity contribution in [1.29, 1.82) is 0 Å². The van der Waals surface area contributed by atoms with Gasteiger partial charge in [-0.05, 0) is 160 Å². The summed E-state index contributed by atoms with van der Waals surface area (Å²) < 4.78 is 110. The van der Waals surface area contributed by atoms with Crippen LogP contribution in [0.25, 0.3) is 11.1 Å². The first-order chi connectivity index (χ1) is 47.0. The van der Waals surface area contributed by atoms with E-state index in [4.69, 9.17) is 9.47 Å². The first-order valence-corrected chi connectivity index (χ1v) is 33.9. The summed E-state index contributed by atoms with van der Waals surface area (Å²) in [5, 5.41) is 13.9. The summed E-state index contributed by atoms with van der Waals surface area (Å²) in [5.41, 5.74) is 2.28. The molecule has 6 aromatic rings. The number of likely N-dealkylation sites (N-methyl/N-ethyl adjacent to an activating group) is 2. The van der Waals surface area contributed by atoms with Crippen molar-refractivity contribution < 1.29 is 69.3 Å². The van der Waals surface area contributed by atoms with Crippen molar-refractivity contribution >= 4 is 41.1 Å². The van der Waals surface area contributed by atoms with E-state index in [-0.39, 0.29) is 55.5 Å². The Bertz CT molecular complexity index is 3760. The highest BCUT2D eigenvalue weighted by Crippen LogP contribution is 2.49. The fourth-order valence-electron chi connectivity index (χ4n) is 14.9. The van der Waals surface area contributed by atoms with Crippen molar-refractivity contribution in [2.24, 2.45) is 0 Å². The molecule has 5 aliphatic rings. The zero-order valence-electron chi connectivity index (χ0n) is 55.4. The van der Waals surface area contributed by atoms with E-state index in [1.54, 1.807) is 16.8 Å². The van der Waals surface area contributed by atoms with Crippen molar-refractivity contribution in [2.45, 2.75) is 113 Å². The topological polar surface area (TPSA) is 159 Å². The first kappa shape index (κ1) is 70.9. The molecule has 5 amide bonds. The predicted octanol–water partition coefficient (Wildman–Crippen LogP) is 12.8. The summed E-state index contributed by atoms with van der Waals surface area (Å²) in [7, 11) is 3.59. The number of para-hydroxylation sites is 1. The molecule has 0 unspecified atom stereocenters. The van der Waals surface area contributed by atoms with Crippen LogP contribution >= 0.6 is 0 Å². The molecule has 4 heterocycles. The number of benzene rings is 6. The molecule has 98 heavy (non-hydrogen) atoms. The Balaban J connectivity index is 0.584. The summed E-state index contributed by atoms with van der Waals surface area (Å²) in [6.07, 6.45) is -3.65. The van der Waals surface area contributed by atoms with Crippen LogP contribution < -0.4 is 10.2 Å². The van der Waals surface area contributed by atoms with E-state index in [1.165, 1.54) is 34.7 Å². The molecule has 1 spiro atoms. The maximum absolute atomic E-state index is 14.3. The summed E-state index contributed by atoms with van der Waals surface area (Å²) in [4.78, 5) is 79.4. The maximum atomic E-state index is 14.3. The third-order valence-electron chi connectivity index (χ3n) is 20.6. The number of alkyl halides is 6. The third-order valence-corrected chi connectivity index (χ3v) is 20.6. The van der Waals surface area contributed by atoms with Gasteiger partial charge in [0.2, 0.25) is 11.8 Å². The average Bonchev–Trinajstić information content (AvgIpc) is 1.58. The minimum absolute atomic E-state index is 0.0272. The van der Waals surface area contributed by atoms with Gasteiger partial charge in [0.15, 0.2) is 0 Å². The van der Waals surface area contributed by atoms with Gasteiger partial charge in [0.25, 0.3) is 11.8 Å². The van der Waals surface area contributed by atoms with Crippen LogP contribution in [0.4, 0.5) is 46.9 Å². The highest BCUT2D eigenvalue weighted by atomic mass is 19.4. The second-order valence-corrected chi connectivity index (χ2v) is 26.7. The van der Waals surface area contributed by atoms with E-state index in [9.17, 15) is 59.8 Å². The predicted molar refractivity (Wildman–Crippen MR) is 358 cm³/mol. The molecular weight excluding hydrogens is 1270 g/mol. The molecular formula is C75H85F7N8O8. The van der Waals surface area contributed by atoms with Gasteiger partial charge in [0, 0.05) is 113 Å². The molecule has 2 atom stereocenters. The number of halogens is 7. The quantitative estimate of drug-likeness (QED) is 0.0415. The number of anilines is 2. The number of piperidine rings is 2. The lowest BCUT2D eigenvalue weighted by molar-refractivity contribution is -0.143. The van der Waals surface area contributed by atoms with Crippen LogP contribution in [0.5, 0.6) is 0 Å². The number of rotatable bonds is 25. The van der Waals surface area contributed by atoms with Crippen LogP contribution in [0.2, 0.25) is 0 Å². The van der Waals surface area contributed by atoms with Gasteiger partial charge in [-0.1, -0.05) is 91.3 Å². The van der Waals surface area contributed by atoms with Gasteiger partial charge in [-0.2, -0.15) is 26.3 Å². The van der Waals surface area contributed by atoms with Crippen LogP contribution in [-0.4, -0.2) is 182 Å². The van der Waals surface area contributed by atoms with Gasteiger partial charge in [0.1, 0.15) is 24.8 Å². The van der Waals surface area contributed by atoms with Crippen LogP contribution in [-0.2, 0) is 55.3 Å². The first-order valence-electron chi connectivity index (χ1n) is 33.9. The Labute approximate surface area is 567 Å². The molecule has 11 rings (SSSR count). The smallest absolute Gasteiger partial charge is 0.416 e. The van der Waals surface area contributed by atoms with E-state index in [2.05, 4.69) is 27.2 Å². The molecule has 4 aliphatic heterocycles. The van der Waals surface area contributed by atoms with Crippen molar-refractivity contribution in [1.82, 2.24) is 29.4 Å². The zero-order valence-corrected chi connectivity index (χ0v) is 55.4. The molecule has 23 heteroatoms. The number of carboxylic acid groups (broad SMARTS) is 1. The fourth-order valence-corrected chi connectivity index (χ4v) is 14.9. The van der Waals surface area contributed by atoms with E-state index in [0.717, 1.165) is 78.3 Å². The molecule has 3 fully saturated rings. The lowest BCUT2D eigenvalue weighted by atomic mass is 9.72. The average molecular weight is 1360 g/mol. The van der Waals surface area contributed by atoms with E-state index in [0.29, 0.717) is 126 Å². The molecule has 16 nitrogen and oxygen atoms in total. The number of unbranched alkanes of at least 4 members (excludes halogenated alkanes) is 2. The molecule has 1 aliphatic carbocycles. The van der Waals surface area contributed by atoms with Gasteiger partial charge in [-0.25, -0.2) is 9.18 Å². The van der Waals surface area contributed by atoms with Gasteiger partial charge >= 0.3 is 18.4 Å². The van der Waals surface area contributed by atoms with E-state index >= 15 is 0 Å². The van der Waals surface area contributed by atoms with Crippen LogP contribution in [0.15, 0.2) is 140 Å². The highest BCUT2D eigenvalue weighted by molar-refractivity contribution is 5.97. The van der Waals surface area contributed by atoms with E-state index < -0.39 is 64.6 Å². The number of ether oxygens (including phenoxy) is 2. The Morgan fingerprint density at radius 1 is 0.684 bits per heavy atom. The van der Waals surface area contributed by atoms with Crippen LogP contribution in [0.3, 0.4) is 0 Å². The molecule has 2 N–H and O–H groups in total. The number of carbonyl (C=O) groups excluding carboxylic acids is 4. The lowest BCUT2D eigenvalue weighted by Gasteiger charge is -2.44. The number of nitrogens with one attached hydrogen (secondary N) is 1. The second-order valence-electron chi connectivity index (χ2n) is 26.7. The van der Waals surface area contributed by atoms with Crippen molar-refractivity contribution in [2.75, 3.05) is 116 Å². The molecule has 0 radical (unpaired) electrons. The van der Waals surface area contributed by atoms with Crippen molar-refractivity contribution in [3.8, 4) is 11.1 Å². The largest absolute Gasteiger partial charge is 0.465 e. The third kappa shape index (κ3) is 16.5. The summed E-state index contributed by atoms with van der Waals surface area (Å²) in [5.74, 6) is -1.72. The number of nitrogens with zero attached hydrogens (tertiary/aromatic N) is 7. The van der Waals surface area contributed by atoms with Crippen LogP contribution in [0.1, 0.15) is 118 Å². The molecule has 3 saturated heterocycles. The molecule has 0 bridgehead atoms. The number of hydrogen-bond acceptors (Lipinski definition) is 10. The molecule has 0 saturated carbocycles. The Morgan fingerprint density at radius 3 is 2.07 bits per heavy atom. The minimum Gasteiger partial charge on any atom is -0.465 e. The fraction of sp³-hybridized carbons (Fsp3) is 0.453. The normalized spacial score (nSPS) is 18.9. The minimum atomic E-state index is -5.15. The molecule has 522 valence electrons. The standard InChI is InChI=1S/C75H85F7N8O8/c1-84(34-13-35-88-38-27-53-46-60(25-26-63(53)70(88)94)83-33-12-4-7-20-67(91)85(2)42-43-86-36-28-61(29-37-86)90(71(95)96)65-19-11-9-17-62(65)52-14-5-3-6-15-52)68(92)49-97-66-47-54-16-8-10-18-64(54)72(66)30-39-87(40-31-72)41-32-73(56-21-23-59(76)24-22-56)50-89(51-98-73)69(93)55-44-57(74(77,78)79)48-58(45-55)75(80,81)82/h3,5-6,8-11,14-19,21-26,44-46,48,61,66,83H,4,7,12-13,20,27-43,47,49-51H2,1-2H3,(H,95,96)/t66-,73+/m0/s1. The maximum Gasteiger partial charge on any atom is 0.416 e.